The number of nitrogens with zero attached hydrogens (tertiary/aromatic N) is 2. The fourth-order valence-electron chi connectivity index (χ4n) is 6.44. The third-order valence-corrected chi connectivity index (χ3v) is 11.6. The summed E-state index contributed by atoms with van der Waals surface area (Å²) in [7, 11) is 0. The van der Waals surface area contributed by atoms with Crippen LogP contribution in [0.3, 0.4) is 0 Å². The SMILES string of the molecule is C.C.NCC1(c2ccc(F)nc2)CCC(F)(F)CC1.O=C(NCC1(c2ccc(F)nc2)CCC(F)(F)CC1)c1cccc(Cl)c1Cl.O=C(O)c1cccc(Cl)c1Cl. The Morgan fingerprint density at radius 1 is 0.649 bits per heavy atom. The number of nitrogens with one attached hydrogen (secondary N) is 1. The van der Waals surface area contributed by atoms with Gasteiger partial charge in [0.15, 0.2) is 0 Å². The van der Waals surface area contributed by atoms with Crippen LogP contribution in [0.2, 0.25) is 20.1 Å². The minimum atomic E-state index is -2.74. The summed E-state index contributed by atoms with van der Waals surface area (Å²) < 4.78 is 79.6. The number of pyridine rings is 2. The van der Waals surface area contributed by atoms with Gasteiger partial charge in [-0.25, -0.2) is 32.3 Å². The summed E-state index contributed by atoms with van der Waals surface area (Å²) in [5.74, 6) is -8.07. The van der Waals surface area contributed by atoms with Crippen molar-refractivity contribution in [1.82, 2.24) is 15.3 Å². The van der Waals surface area contributed by atoms with Crippen LogP contribution in [-0.4, -0.2) is 51.9 Å². The molecule has 2 aromatic carbocycles. The molecule has 0 saturated heterocycles. The Bertz CT molecular complexity index is 1940. The molecule has 2 aliphatic rings. The quantitative estimate of drug-likeness (QED) is 0.126. The highest BCUT2D eigenvalue weighted by molar-refractivity contribution is 6.44. The average molecular weight is 885 g/mol. The lowest BCUT2D eigenvalue weighted by atomic mass is 9.68. The first-order chi connectivity index (χ1) is 25.8. The summed E-state index contributed by atoms with van der Waals surface area (Å²) >= 11 is 23.1. The van der Waals surface area contributed by atoms with Gasteiger partial charge >= 0.3 is 5.97 Å². The molecule has 0 spiro atoms. The van der Waals surface area contributed by atoms with Gasteiger partial charge in [-0.3, -0.25) is 4.79 Å². The predicted molar refractivity (Wildman–Crippen MR) is 213 cm³/mol. The lowest BCUT2D eigenvalue weighted by Gasteiger charge is -2.40. The third kappa shape index (κ3) is 12.9. The Balaban J connectivity index is 0.000000320. The maximum Gasteiger partial charge on any atom is 0.337 e. The summed E-state index contributed by atoms with van der Waals surface area (Å²) in [4.78, 5) is 30.2. The molecule has 57 heavy (non-hydrogen) atoms. The monoisotopic (exact) mass is 882 g/mol. The van der Waals surface area contributed by atoms with Crippen molar-refractivity contribution in [3.63, 3.8) is 0 Å². The molecule has 2 fully saturated rings. The van der Waals surface area contributed by atoms with Gasteiger partial charge in [0.05, 0.1) is 31.2 Å². The van der Waals surface area contributed by atoms with Crippen LogP contribution in [0.5, 0.6) is 0 Å². The first kappa shape index (κ1) is 49.5. The summed E-state index contributed by atoms with van der Waals surface area (Å²) in [5.41, 5.74) is 6.13. The van der Waals surface area contributed by atoms with E-state index in [9.17, 15) is 35.9 Å². The zero-order valence-electron chi connectivity index (χ0n) is 29.0. The first-order valence-corrected chi connectivity index (χ1v) is 18.4. The van der Waals surface area contributed by atoms with E-state index < -0.39 is 46.4 Å². The van der Waals surface area contributed by atoms with Crippen LogP contribution in [0.15, 0.2) is 73.1 Å². The van der Waals surface area contributed by atoms with Crippen LogP contribution in [-0.2, 0) is 10.8 Å². The number of aromatic nitrogens is 2. The van der Waals surface area contributed by atoms with Crippen molar-refractivity contribution < 1.29 is 41.0 Å². The molecule has 0 unspecified atom stereocenters. The highest BCUT2D eigenvalue weighted by Gasteiger charge is 2.45. The summed E-state index contributed by atoms with van der Waals surface area (Å²) in [6, 6.07) is 14.7. The highest BCUT2D eigenvalue weighted by Crippen LogP contribution is 2.46. The van der Waals surface area contributed by atoms with Gasteiger partial charge in [0.2, 0.25) is 23.7 Å². The topological polar surface area (TPSA) is 118 Å². The van der Waals surface area contributed by atoms with Crippen molar-refractivity contribution in [2.24, 2.45) is 5.73 Å². The van der Waals surface area contributed by atoms with Crippen molar-refractivity contribution in [1.29, 1.82) is 0 Å². The van der Waals surface area contributed by atoms with Gasteiger partial charge in [0.25, 0.3) is 5.91 Å². The van der Waals surface area contributed by atoms with Crippen LogP contribution in [0, 0.1) is 11.9 Å². The molecule has 312 valence electrons. The number of carboxylic acids is 1. The predicted octanol–water partition coefficient (Wildman–Crippen LogP) is 12.0. The number of hydrogen-bond donors (Lipinski definition) is 3. The van der Waals surface area contributed by atoms with Gasteiger partial charge in [0.1, 0.15) is 0 Å². The normalized spacial score (nSPS) is 17.1. The van der Waals surface area contributed by atoms with Gasteiger partial charge in [0, 0.05) is 62.0 Å². The number of nitrogens with two attached hydrogens (primary N) is 1. The molecule has 7 nitrogen and oxygen atoms in total. The number of amides is 1. The van der Waals surface area contributed by atoms with Gasteiger partial charge in [-0.05, 0) is 73.2 Å². The number of aromatic carboxylic acids is 1. The molecule has 6 rings (SSSR count). The molecule has 17 heteroatoms. The summed E-state index contributed by atoms with van der Waals surface area (Å²) in [5, 5.41) is 12.0. The number of halogens is 10. The Labute approximate surface area is 348 Å². The van der Waals surface area contributed by atoms with Crippen molar-refractivity contribution in [2.45, 2.75) is 88.9 Å². The summed E-state index contributed by atoms with van der Waals surface area (Å²) in [6.45, 7) is 0.397. The standard InChI is InChI=1S/C19H17Cl2F3N2O.C12H15F3N2.C7H4Cl2O2.2CH4/c20-14-3-1-2-13(16(14)21)17(27)26-11-18(6-8-19(23,24)9-7-18)12-4-5-15(22)25-10-12;13-10-2-1-9(7-17-10)11(8-16)3-5-12(14,15)6-4-11;8-5-3-1-2-4(6(5)9)7(10)11;;/h1-5,10H,6-9,11H2,(H,26,27);1-2,7H,3-6,8,16H2;1-3H,(H,10,11);2*1H4. The van der Waals surface area contributed by atoms with E-state index in [1.807, 2.05) is 0 Å². The molecule has 0 atom stereocenters. The fraction of sp³-hybridized carbons (Fsp3) is 0.400. The molecule has 4 aromatic rings. The molecular formula is C40H44Cl4F6N4O3. The van der Waals surface area contributed by atoms with E-state index in [0.717, 1.165) is 5.56 Å². The van der Waals surface area contributed by atoms with Crippen molar-refractivity contribution >= 4 is 58.3 Å². The number of benzene rings is 2. The van der Waals surface area contributed by atoms with E-state index in [-0.39, 0.29) is 97.7 Å². The van der Waals surface area contributed by atoms with Gasteiger partial charge in [-0.1, -0.05) is 85.5 Å². The molecular weight excluding hydrogens is 840 g/mol. The van der Waals surface area contributed by atoms with Crippen molar-refractivity contribution in [3.8, 4) is 0 Å². The van der Waals surface area contributed by atoms with Crippen LogP contribution in [0.1, 0.15) is 98.1 Å². The second kappa shape index (κ2) is 20.9. The number of carbonyl (C=O) groups excluding carboxylic acids is 1. The zero-order chi connectivity index (χ0) is 40.6. The number of hydrogen-bond acceptors (Lipinski definition) is 5. The van der Waals surface area contributed by atoms with E-state index in [0.29, 0.717) is 18.4 Å². The third-order valence-electron chi connectivity index (χ3n) is 9.91. The maximum atomic E-state index is 13.7. The first-order valence-electron chi connectivity index (χ1n) is 16.9. The van der Waals surface area contributed by atoms with E-state index in [2.05, 4.69) is 15.3 Å². The Morgan fingerprint density at radius 2 is 1.05 bits per heavy atom. The Kier molecular flexibility index (Phi) is 18.1. The molecule has 1 amide bonds. The lowest BCUT2D eigenvalue weighted by Crippen LogP contribution is -2.45. The molecule has 2 heterocycles. The van der Waals surface area contributed by atoms with E-state index in [1.165, 1.54) is 54.9 Å². The minimum absolute atomic E-state index is 0. The summed E-state index contributed by atoms with van der Waals surface area (Å²) in [6.07, 6.45) is 2.75. The number of alkyl halides is 4. The molecule has 4 N–H and O–H groups in total. The van der Waals surface area contributed by atoms with Crippen LogP contribution in [0.25, 0.3) is 0 Å². The number of carboxylic acid groups (broad SMARTS) is 1. The highest BCUT2D eigenvalue weighted by atomic mass is 35.5. The van der Waals surface area contributed by atoms with Crippen molar-refractivity contribution in [2.75, 3.05) is 13.1 Å². The molecule has 2 aliphatic carbocycles. The van der Waals surface area contributed by atoms with Crippen LogP contribution in [0.4, 0.5) is 26.3 Å². The van der Waals surface area contributed by atoms with E-state index >= 15 is 0 Å². The second-order valence-corrected chi connectivity index (χ2v) is 15.0. The largest absolute Gasteiger partial charge is 0.478 e. The van der Waals surface area contributed by atoms with Crippen LogP contribution < -0.4 is 11.1 Å². The molecule has 0 radical (unpaired) electrons. The van der Waals surface area contributed by atoms with Gasteiger partial charge < -0.3 is 16.2 Å². The van der Waals surface area contributed by atoms with Gasteiger partial charge in [-0.2, -0.15) is 8.78 Å². The molecule has 0 bridgehead atoms. The molecule has 2 saturated carbocycles. The number of rotatable bonds is 7. The lowest BCUT2D eigenvalue weighted by molar-refractivity contribution is -0.0519. The molecule has 0 aliphatic heterocycles. The van der Waals surface area contributed by atoms with Gasteiger partial charge in [-0.15, -0.1) is 0 Å². The Hall–Kier alpha value is -3.62. The number of carbonyl (C=O) groups is 2. The van der Waals surface area contributed by atoms with Crippen LogP contribution >= 0.6 is 46.4 Å². The average Bonchev–Trinajstić information content (AvgIpc) is 3.15. The van der Waals surface area contributed by atoms with E-state index in [4.69, 9.17) is 57.2 Å². The van der Waals surface area contributed by atoms with E-state index in [1.54, 1.807) is 18.2 Å². The molecule has 2 aromatic heterocycles. The zero-order valence-corrected chi connectivity index (χ0v) is 32.0. The smallest absolute Gasteiger partial charge is 0.337 e. The Morgan fingerprint density at radius 3 is 1.44 bits per heavy atom. The second-order valence-electron chi connectivity index (χ2n) is 13.4. The van der Waals surface area contributed by atoms with Crippen molar-refractivity contribution in [3.05, 3.63) is 127 Å². The fourth-order valence-corrected chi connectivity index (χ4v) is 7.21. The minimum Gasteiger partial charge on any atom is -0.478 e. The maximum absolute atomic E-state index is 13.7.